The third-order valence-electron chi connectivity index (χ3n) is 7.65. The van der Waals surface area contributed by atoms with E-state index in [-0.39, 0.29) is 29.7 Å². The summed E-state index contributed by atoms with van der Waals surface area (Å²) in [6, 6.07) is 9.30. The van der Waals surface area contributed by atoms with Crippen molar-refractivity contribution >= 4 is 5.91 Å². The molecule has 0 spiro atoms. The van der Waals surface area contributed by atoms with Crippen molar-refractivity contribution in [2.75, 3.05) is 32.8 Å². The largest absolute Gasteiger partial charge is 0.486 e. The first-order valence-corrected chi connectivity index (χ1v) is 13.6. The molecule has 2 fully saturated rings. The van der Waals surface area contributed by atoms with Crippen LogP contribution in [0.2, 0.25) is 0 Å². The molecule has 2 aliphatic carbocycles. The number of carbonyl (C=O) groups excluding carboxylic acids is 1. The van der Waals surface area contributed by atoms with E-state index in [4.69, 9.17) is 14.2 Å². The van der Waals surface area contributed by atoms with Gasteiger partial charge in [0.25, 0.3) is 0 Å². The summed E-state index contributed by atoms with van der Waals surface area (Å²) >= 11 is 0. The van der Waals surface area contributed by atoms with Crippen molar-refractivity contribution in [2.24, 2.45) is 17.8 Å². The Labute approximate surface area is 219 Å². The number of aliphatic hydroxyl groups excluding tert-OH is 1. The zero-order valence-electron chi connectivity index (χ0n) is 21.6. The minimum Gasteiger partial charge on any atom is -0.486 e. The quantitative estimate of drug-likeness (QED) is 0.528. The van der Waals surface area contributed by atoms with E-state index in [1.165, 1.54) is 0 Å². The highest BCUT2D eigenvalue weighted by Gasteiger charge is 2.34. The number of para-hydroxylation sites is 1. The molecule has 1 amide bonds. The standard InChI is InChI=1S/C30H38N2O5/c1-21-9-11-25(37-24-7-3-2-4-8-24)17-23(21)19-29(33)31-26(20-32-13-5-6-14-32)30(34)22-10-12-27-28(18-22)36-16-15-35-27/h2-4,7-9,11-12,17-18,21-23,26,30,34H,5-6,10,13-16,19-20H2,1H3,(H,31,33)/t21?,22?,23?,26-,30-/m1/s1. The van der Waals surface area contributed by atoms with Crippen LogP contribution in [0.4, 0.5) is 0 Å². The number of carbonyl (C=O) groups is 1. The van der Waals surface area contributed by atoms with Crippen LogP contribution < -0.4 is 10.1 Å². The molecule has 37 heavy (non-hydrogen) atoms. The van der Waals surface area contributed by atoms with Gasteiger partial charge in [-0.05, 0) is 80.6 Å². The van der Waals surface area contributed by atoms with Crippen LogP contribution in [0.3, 0.4) is 0 Å². The van der Waals surface area contributed by atoms with Crippen LogP contribution in [0.5, 0.6) is 5.75 Å². The molecule has 5 rings (SSSR count). The summed E-state index contributed by atoms with van der Waals surface area (Å²) in [5.74, 6) is 3.02. The van der Waals surface area contributed by atoms with Gasteiger partial charge in [0.15, 0.2) is 11.5 Å². The molecule has 0 bridgehead atoms. The number of aliphatic hydroxyl groups is 1. The van der Waals surface area contributed by atoms with E-state index >= 15 is 0 Å². The molecule has 1 aromatic rings. The molecular weight excluding hydrogens is 468 g/mol. The molecule has 4 aliphatic rings. The number of benzene rings is 1. The van der Waals surface area contributed by atoms with Crippen LogP contribution in [0.25, 0.3) is 0 Å². The van der Waals surface area contributed by atoms with Crippen LogP contribution in [0.1, 0.15) is 32.6 Å². The fourth-order valence-electron chi connectivity index (χ4n) is 5.48. The Morgan fingerprint density at radius 3 is 2.68 bits per heavy atom. The Balaban J connectivity index is 1.24. The molecule has 0 radical (unpaired) electrons. The molecule has 2 heterocycles. The number of likely N-dealkylation sites (tertiary alicyclic amines) is 1. The molecule has 2 aliphatic heterocycles. The Kier molecular flexibility index (Phi) is 8.31. The summed E-state index contributed by atoms with van der Waals surface area (Å²) in [5, 5.41) is 14.6. The smallest absolute Gasteiger partial charge is 0.220 e. The van der Waals surface area contributed by atoms with Crippen molar-refractivity contribution in [1.29, 1.82) is 0 Å². The average molecular weight is 507 g/mol. The number of rotatable bonds is 9. The van der Waals surface area contributed by atoms with Crippen molar-refractivity contribution < 1.29 is 24.1 Å². The summed E-state index contributed by atoms with van der Waals surface area (Å²) in [7, 11) is 0. The van der Waals surface area contributed by atoms with E-state index in [0.717, 1.165) is 43.2 Å². The number of hydrogen-bond acceptors (Lipinski definition) is 6. The van der Waals surface area contributed by atoms with E-state index in [1.807, 2.05) is 54.6 Å². The zero-order valence-corrected chi connectivity index (χ0v) is 21.6. The van der Waals surface area contributed by atoms with Crippen molar-refractivity contribution in [3.8, 4) is 5.75 Å². The number of fused-ring (bicyclic) bond motifs is 1. The number of nitrogens with zero attached hydrogens (tertiary/aromatic N) is 1. The van der Waals surface area contributed by atoms with Gasteiger partial charge < -0.3 is 29.5 Å². The van der Waals surface area contributed by atoms with Crippen LogP contribution in [0, 0.1) is 17.8 Å². The maximum atomic E-state index is 13.3. The second-order valence-electron chi connectivity index (χ2n) is 10.4. The highest BCUT2D eigenvalue weighted by Crippen LogP contribution is 2.31. The number of allylic oxidation sites excluding steroid dienone is 4. The number of nitrogens with one attached hydrogen (secondary N) is 1. The highest BCUT2D eigenvalue weighted by molar-refractivity contribution is 5.77. The molecule has 1 aromatic carbocycles. The second-order valence-corrected chi connectivity index (χ2v) is 10.4. The fourth-order valence-corrected chi connectivity index (χ4v) is 5.48. The SMILES string of the molecule is CC1C=CC(Oc2ccccc2)=CC1CC(=O)N[C@H](CN1CCCC1)[C@H](O)C1C=C2OCCOC2=CC1. The molecule has 3 unspecified atom stereocenters. The van der Waals surface area contributed by atoms with Crippen LogP contribution in [0.15, 0.2) is 78.0 Å². The van der Waals surface area contributed by atoms with Gasteiger partial charge in [0.05, 0.1) is 12.1 Å². The maximum Gasteiger partial charge on any atom is 0.220 e. The molecule has 2 N–H and O–H groups in total. The van der Waals surface area contributed by atoms with Crippen molar-refractivity contribution in [3.05, 3.63) is 78.0 Å². The summed E-state index contributed by atoms with van der Waals surface area (Å²) in [6.45, 7) is 5.81. The van der Waals surface area contributed by atoms with Gasteiger partial charge in [-0.25, -0.2) is 0 Å². The van der Waals surface area contributed by atoms with Crippen LogP contribution in [-0.2, 0) is 14.3 Å². The summed E-state index contributed by atoms with van der Waals surface area (Å²) < 4.78 is 17.4. The van der Waals surface area contributed by atoms with E-state index in [9.17, 15) is 9.90 Å². The number of amides is 1. The first-order valence-electron chi connectivity index (χ1n) is 13.6. The Morgan fingerprint density at radius 2 is 1.89 bits per heavy atom. The summed E-state index contributed by atoms with van der Waals surface area (Å²) in [6.07, 6.45) is 12.6. The lowest BCUT2D eigenvalue weighted by atomic mass is 9.86. The summed E-state index contributed by atoms with van der Waals surface area (Å²) in [4.78, 5) is 15.7. The second kappa shape index (κ2) is 12.0. The van der Waals surface area contributed by atoms with Gasteiger partial charge in [0, 0.05) is 18.9 Å². The third-order valence-corrected chi connectivity index (χ3v) is 7.65. The van der Waals surface area contributed by atoms with E-state index < -0.39 is 6.10 Å². The van der Waals surface area contributed by atoms with Crippen molar-refractivity contribution in [3.63, 3.8) is 0 Å². The minimum absolute atomic E-state index is 0.0170. The first-order chi connectivity index (χ1) is 18.0. The average Bonchev–Trinajstić information content (AvgIpc) is 3.43. The molecular formula is C30H38N2O5. The van der Waals surface area contributed by atoms with Gasteiger partial charge in [-0.2, -0.15) is 0 Å². The predicted octanol–water partition coefficient (Wildman–Crippen LogP) is 3.94. The van der Waals surface area contributed by atoms with Crippen LogP contribution in [-0.4, -0.2) is 60.9 Å². The lowest BCUT2D eigenvalue weighted by Gasteiger charge is -2.34. The zero-order chi connectivity index (χ0) is 25.6. The van der Waals surface area contributed by atoms with Gasteiger partial charge in [-0.3, -0.25) is 4.79 Å². The van der Waals surface area contributed by atoms with Crippen LogP contribution >= 0.6 is 0 Å². The number of ether oxygens (including phenoxy) is 3. The highest BCUT2D eigenvalue weighted by atomic mass is 16.6. The van der Waals surface area contributed by atoms with Gasteiger partial charge in [-0.1, -0.05) is 31.2 Å². The van der Waals surface area contributed by atoms with Gasteiger partial charge in [-0.15, -0.1) is 0 Å². The van der Waals surface area contributed by atoms with Crippen molar-refractivity contribution in [2.45, 2.75) is 44.8 Å². The Bertz CT molecular complexity index is 1060. The molecule has 2 saturated heterocycles. The maximum absolute atomic E-state index is 13.3. The summed E-state index contributed by atoms with van der Waals surface area (Å²) in [5.41, 5.74) is 0. The lowest BCUT2D eigenvalue weighted by molar-refractivity contribution is -0.124. The third kappa shape index (κ3) is 6.65. The van der Waals surface area contributed by atoms with E-state index in [1.54, 1.807) is 0 Å². The topological polar surface area (TPSA) is 80.3 Å². The fraction of sp³-hybridized carbons (Fsp3) is 0.500. The predicted molar refractivity (Wildman–Crippen MR) is 141 cm³/mol. The lowest BCUT2D eigenvalue weighted by Crippen LogP contribution is -2.52. The molecule has 0 saturated carbocycles. The van der Waals surface area contributed by atoms with Gasteiger partial charge >= 0.3 is 0 Å². The normalized spacial score (nSPS) is 27.0. The monoisotopic (exact) mass is 506 g/mol. The Hall–Kier alpha value is -3.03. The van der Waals surface area contributed by atoms with Gasteiger partial charge in [0.2, 0.25) is 5.91 Å². The van der Waals surface area contributed by atoms with E-state index in [2.05, 4.69) is 23.2 Å². The molecule has 198 valence electrons. The van der Waals surface area contributed by atoms with Crippen molar-refractivity contribution in [1.82, 2.24) is 10.2 Å². The van der Waals surface area contributed by atoms with E-state index in [0.29, 0.717) is 38.4 Å². The Morgan fingerprint density at radius 1 is 1.14 bits per heavy atom. The molecule has 5 atom stereocenters. The molecule has 0 aromatic heterocycles. The molecule has 7 heteroatoms. The first kappa shape index (κ1) is 25.6. The molecule has 7 nitrogen and oxygen atoms in total. The van der Waals surface area contributed by atoms with Gasteiger partial charge in [0.1, 0.15) is 24.7 Å². The minimum atomic E-state index is -0.725. The number of hydrogen-bond donors (Lipinski definition) is 2.